The Morgan fingerprint density at radius 2 is 1.82 bits per heavy atom. The summed E-state index contributed by atoms with van der Waals surface area (Å²) in [5, 5.41) is 10.7. The average Bonchev–Trinajstić information content (AvgIpc) is 3.30. The molecule has 5 aromatic rings. The lowest BCUT2D eigenvalue weighted by atomic mass is 10.0. The first-order valence-corrected chi connectivity index (χ1v) is 13.2. The molecular formula is C26H17Cl2F3N4O4S. The van der Waals surface area contributed by atoms with Gasteiger partial charge in [0.15, 0.2) is 5.52 Å². The number of carbonyl (C=O) groups is 1. The summed E-state index contributed by atoms with van der Waals surface area (Å²) >= 11 is 13.2. The van der Waals surface area contributed by atoms with Crippen LogP contribution in [0.15, 0.2) is 40.5 Å². The number of halogens is 5. The van der Waals surface area contributed by atoms with Gasteiger partial charge in [-0.15, -0.1) is 11.3 Å². The number of nitrogens with zero attached hydrogens (tertiary/aromatic N) is 4. The minimum atomic E-state index is -4.75. The summed E-state index contributed by atoms with van der Waals surface area (Å²) in [6.07, 6.45) is -4.75. The maximum atomic E-state index is 13.2. The lowest BCUT2D eigenvalue weighted by molar-refractivity contribution is -0.137. The third-order valence-corrected chi connectivity index (χ3v) is 7.59. The predicted molar refractivity (Wildman–Crippen MR) is 146 cm³/mol. The molecule has 0 spiro atoms. The highest BCUT2D eigenvalue weighted by Gasteiger charge is 2.35. The molecule has 8 nitrogen and oxygen atoms in total. The number of carboxylic acid groups (broad SMARTS) is 1. The molecule has 0 aliphatic carbocycles. The molecule has 0 saturated carbocycles. The maximum absolute atomic E-state index is 13.2. The van der Waals surface area contributed by atoms with Crippen LogP contribution < -0.4 is 10.3 Å². The summed E-state index contributed by atoms with van der Waals surface area (Å²) in [6.45, 7) is 3.22. The van der Waals surface area contributed by atoms with Crippen molar-refractivity contribution in [1.29, 1.82) is 0 Å². The van der Waals surface area contributed by atoms with Gasteiger partial charge in [0.25, 0.3) is 5.56 Å². The largest absolute Gasteiger partial charge is 0.491 e. The molecule has 0 fully saturated rings. The predicted octanol–water partition coefficient (Wildman–Crippen LogP) is 6.79. The number of hydrogen-bond donors (Lipinski definition) is 1. The van der Waals surface area contributed by atoms with E-state index in [0.29, 0.717) is 43.9 Å². The van der Waals surface area contributed by atoms with Crippen LogP contribution in [0.1, 0.15) is 27.4 Å². The third kappa shape index (κ3) is 5.09. The van der Waals surface area contributed by atoms with Gasteiger partial charge in [-0.25, -0.2) is 14.8 Å². The van der Waals surface area contributed by atoms with Crippen LogP contribution in [0, 0.1) is 13.8 Å². The normalized spacial score (nSPS) is 11.9. The number of aromatic nitrogens is 4. The SMILES string of the molecule is Cc1cc(-c2cc(Cl)ccc2OCCn2c(C)nc3cc(C(F)(F)F)c(Cl)nc3c2=O)c2scc(C(=O)O)c2n1. The van der Waals surface area contributed by atoms with Gasteiger partial charge in [0.2, 0.25) is 0 Å². The fourth-order valence-corrected chi connectivity index (χ4v) is 5.70. The van der Waals surface area contributed by atoms with E-state index < -0.39 is 28.4 Å². The monoisotopic (exact) mass is 608 g/mol. The van der Waals surface area contributed by atoms with Crippen molar-refractivity contribution in [3.8, 4) is 16.9 Å². The van der Waals surface area contributed by atoms with Crippen LogP contribution in [0.5, 0.6) is 5.75 Å². The van der Waals surface area contributed by atoms with Crippen LogP contribution >= 0.6 is 34.5 Å². The number of alkyl halides is 3. The molecule has 14 heteroatoms. The number of hydrogen-bond acceptors (Lipinski definition) is 7. The number of ether oxygens (including phenoxy) is 1. The van der Waals surface area contributed by atoms with Crippen LogP contribution in [0.3, 0.4) is 0 Å². The molecular weight excluding hydrogens is 592 g/mol. The van der Waals surface area contributed by atoms with Crippen LogP contribution in [-0.4, -0.2) is 37.2 Å². The highest BCUT2D eigenvalue weighted by Crippen LogP contribution is 2.40. The molecule has 0 aliphatic heterocycles. The van der Waals surface area contributed by atoms with E-state index in [2.05, 4.69) is 15.0 Å². The zero-order valence-electron chi connectivity index (χ0n) is 20.6. The van der Waals surface area contributed by atoms with Crippen molar-refractivity contribution in [3.05, 3.63) is 78.9 Å². The van der Waals surface area contributed by atoms with Gasteiger partial charge in [-0.05, 0) is 44.2 Å². The second-order valence-electron chi connectivity index (χ2n) is 8.74. The van der Waals surface area contributed by atoms with E-state index in [1.807, 2.05) is 0 Å². The Balaban J connectivity index is 1.49. The molecule has 0 atom stereocenters. The summed E-state index contributed by atoms with van der Waals surface area (Å²) in [5.41, 5.74) is -0.0450. The topological polar surface area (TPSA) is 107 Å². The first kappa shape index (κ1) is 27.8. The van der Waals surface area contributed by atoms with Crippen molar-refractivity contribution in [2.45, 2.75) is 26.6 Å². The molecule has 5 rings (SSSR count). The Labute approximate surface area is 237 Å². The second-order valence-corrected chi connectivity index (χ2v) is 10.4. The van der Waals surface area contributed by atoms with E-state index in [1.54, 1.807) is 31.2 Å². The minimum absolute atomic E-state index is 0.00292. The number of aromatic carboxylic acids is 1. The van der Waals surface area contributed by atoms with Crippen molar-refractivity contribution in [2.24, 2.45) is 0 Å². The molecule has 4 aromatic heterocycles. The van der Waals surface area contributed by atoms with Gasteiger partial charge >= 0.3 is 12.1 Å². The third-order valence-electron chi connectivity index (χ3n) is 6.07. The van der Waals surface area contributed by atoms with Crippen molar-refractivity contribution in [3.63, 3.8) is 0 Å². The second kappa shape index (κ2) is 10.3. The van der Waals surface area contributed by atoms with Gasteiger partial charge < -0.3 is 9.84 Å². The smallest absolute Gasteiger partial charge is 0.419 e. The lowest BCUT2D eigenvalue weighted by Gasteiger charge is -2.16. The fourth-order valence-electron chi connectivity index (χ4n) is 4.27. The Morgan fingerprint density at radius 3 is 2.52 bits per heavy atom. The standard InChI is InChI=1S/C26H17Cl2F3N4O4S/c1-11-7-15(22-20(32-11)16(10-40-22)25(37)38)14-8-13(27)3-4-19(14)39-6-5-35-12(2)33-18-9-17(26(29,30)31)23(28)34-21(18)24(35)36/h3-4,7-10H,5-6H2,1-2H3,(H,37,38). The average molecular weight is 609 g/mol. The van der Waals surface area contributed by atoms with Gasteiger partial charge in [-0.1, -0.05) is 23.2 Å². The van der Waals surface area contributed by atoms with Crippen LogP contribution in [0.25, 0.3) is 32.4 Å². The number of aryl methyl sites for hydroxylation is 2. The van der Waals surface area contributed by atoms with Crippen molar-refractivity contribution >= 4 is 61.8 Å². The Hall–Kier alpha value is -3.74. The number of thiophene rings is 1. The zero-order valence-corrected chi connectivity index (χ0v) is 23.0. The van der Waals surface area contributed by atoms with Gasteiger partial charge in [0.1, 0.15) is 23.3 Å². The molecule has 0 unspecified atom stereocenters. The lowest BCUT2D eigenvalue weighted by Crippen LogP contribution is -2.27. The molecule has 0 saturated heterocycles. The molecule has 0 bridgehead atoms. The molecule has 1 N–H and O–H groups in total. The summed E-state index contributed by atoms with van der Waals surface area (Å²) in [5.74, 6) is -0.508. The van der Waals surface area contributed by atoms with Crippen molar-refractivity contribution < 1.29 is 27.8 Å². The molecule has 0 amide bonds. The first-order valence-electron chi connectivity index (χ1n) is 11.5. The molecule has 0 aliphatic rings. The quantitative estimate of drug-likeness (QED) is 0.211. The summed E-state index contributed by atoms with van der Waals surface area (Å²) < 4.78 is 47.6. The molecule has 206 valence electrons. The number of carboxylic acids is 1. The van der Waals surface area contributed by atoms with Gasteiger partial charge in [0.05, 0.1) is 33.4 Å². The first-order chi connectivity index (χ1) is 18.8. The molecule has 0 radical (unpaired) electrons. The Kier molecular flexibility index (Phi) is 7.19. The van der Waals surface area contributed by atoms with E-state index in [-0.39, 0.29) is 35.6 Å². The maximum Gasteiger partial charge on any atom is 0.419 e. The fraction of sp³-hybridized carbons (Fsp3) is 0.192. The summed E-state index contributed by atoms with van der Waals surface area (Å²) in [7, 11) is 0. The van der Waals surface area contributed by atoms with E-state index in [1.165, 1.54) is 28.2 Å². The van der Waals surface area contributed by atoms with Crippen LogP contribution in [-0.2, 0) is 12.7 Å². The summed E-state index contributed by atoms with van der Waals surface area (Å²) in [4.78, 5) is 36.9. The van der Waals surface area contributed by atoms with E-state index in [0.717, 1.165) is 0 Å². The van der Waals surface area contributed by atoms with Crippen LogP contribution in [0.2, 0.25) is 10.2 Å². The van der Waals surface area contributed by atoms with Gasteiger partial charge in [-0.3, -0.25) is 14.3 Å². The van der Waals surface area contributed by atoms with Gasteiger partial charge in [-0.2, -0.15) is 13.2 Å². The van der Waals surface area contributed by atoms with E-state index in [4.69, 9.17) is 27.9 Å². The van der Waals surface area contributed by atoms with E-state index in [9.17, 15) is 27.9 Å². The Bertz CT molecular complexity index is 1890. The summed E-state index contributed by atoms with van der Waals surface area (Å²) in [6, 6.07) is 7.47. The van der Waals surface area contributed by atoms with Crippen LogP contribution in [0.4, 0.5) is 13.2 Å². The number of rotatable bonds is 6. The number of fused-ring (bicyclic) bond motifs is 2. The van der Waals surface area contributed by atoms with Crippen molar-refractivity contribution in [2.75, 3.05) is 6.61 Å². The molecule has 40 heavy (non-hydrogen) atoms. The zero-order chi connectivity index (χ0) is 28.9. The van der Waals surface area contributed by atoms with Crippen molar-refractivity contribution in [1.82, 2.24) is 19.5 Å². The molecule has 1 aromatic carbocycles. The van der Waals surface area contributed by atoms with E-state index >= 15 is 0 Å². The number of benzene rings is 1. The van der Waals surface area contributed by atoms with Gasteiger partial charge in [0, 0.05) is 27.2 Å². The highest BCUT2D eigenvalue weighted by molar-refractivity contribution is 7.18. The highest BCUT2D eigenvalue weighted by atomic mass is 35.5. The Morgan fingerprint density at radius 1 is 1.07 bits per heavy atom. The minimum Gasteiger partial charge on any atom is -0.491 e. The molecule has 4 heterocycles. The number of pyridine rings is 2.